The summed E-state index contributed by atoms with van der Waals surface area (Å²) in [6.07, 6.45) is 0. The average molecular weight is 402 g/mol. The van der Waals surface area contributed by atoms with Crippen LogP contribution in [0.1, 0.15) is 39.2 Å². The van der Waals surface area contributed by atoms with Crippen molar-refractivity contribution in [2.75, 3.05) is 7.11 Å². The third kappa shape index (κ3) is 3.92. The number of hydrogen-bond acceptors (Lipinski definition) is 3. The molecule has 1 atom stereocenters. The maximum absolute atomic E-state index is 12.7. The molecule has 0 fully saturated rings. The van der Waals surface area contributed by atoms with Crippen molar-refractivity contribution in [3.05, 3.63) is 81.3 Å². The standard InChI is InChI=1S/C21H17Cl2NO3/c1-12(15-9-5-7-13-6-3-4-8-16(13)15)24-20(25)14-10-17(22)19(18(23)11-14)21(26)27-2/h3-12H,1-2H3,(H,24,25)/t12-/m1/s1. The normalized spacial score (nSPS) is 11.9. The Kier molecular flexibility index (Phi) is 5.68. The van der Waals surface area contributed by atoms with Crippen LogP contribution in [-0.4, -0.2) is 19.0 Å². The fourth-order valence-electron chi connectivity index (χ4n) is 2.99. The molecule has 6 heteroatoms. The fraction of sp³-hybridized carbons (Fsp3) is 0.143. The zero-order valence-corrected chi connectivity index (χ0v) is 16.3. The number of nitrogens with one attached hydrogen (secondary N) is 1. The molecule has 0 aliphatic heterocycles. The third-order valence-corrected chi connectivity index (χ3v) is 4.93. The van der Waals surface area contributed by atoms with E-state index < -0.39 is 5.97 Å². The smallest absolute Gasteiger partial charge is 0.340 e. The zero-order chi connectivity index (χ0) is 19.6. The van der Waals surface area contributed by atoms with Crippen LogP contribution in [0.25, 0.3) is 10.8 Å². The Labute approximate surface area is 167 Å². The van der Waals surface area contributed by atoms with E-state index >= 15 is 0 Å². The van der Waals surface area contributed by atoms with Gasteiger partial charge < -0.3 is 10.1 Å². The number of rotatable bonds is 4. The first-order valence-electron chi connectivity index (χ1n) is 8.28. The lowest BCUT2D eigenvalue weighted by Crippen LogP contribution is -2.27. The van der Waals surface area contributed by atoms with Crippen LogP contribution in [0.3, 0.4) is 0 Å². The summed E-state index contributed by atoms with van der Waals surface area (Å²) >= 11 is 12.2. The quantitative estimate of drug-likeness (QED) is 0.593. The molecule has 0 heterocycles. The summed E-state index contributed by atoms with van der Waals surface area (Å²) in [7, 11) is 1.24. The molecule has 0 saturated heterocycles. The second-order valence-corrected chi connectivity index (χ2v) is 6.88. The number of carbonyl (C=O) groups excluding carboxylic acids is 2. The van der Waals surface area contributed by atoms with Gasteiger partial charge >= 0.3 is 5.97 Å². The van der Waals surface area contributed by atoms with Gasteiger partial charge in [-0.3, -0.25) is 4.79 Å². The summed E-state index contributed by atoms with van der Waals surface area (Å²) in [5.74, 6) is -0.989. The molecule has 138 valence electrons. The molecule has 0 bridgehead atoms. The number of halogens is 2. The van der Waals surface area contributed by atoms with E-state index in [4.69, 9.17) is 23.2 Å². The number of hydrogen-bond donors (Lipinski definition) is 1. The van der Waals surface area contributed by atoms with Gasteiger partial charge in [0.25, 0.3) is 5.91 Å². The molecule has 1 N–H and O–H groups in total. The Bertz CT molecular complexity index is 1000. The van der Waals surface area contributed by atoms with Gasteiger partial charge in [0.1, 0.15) is 0 Å². The largest absolute Gasteiger partial charge is 0.465 e. The van der Waals surface area contributed by atoms with Crippen LogP contribution in [0.2, 0.25) is 10.0 Å². The molecule has 3 rings (SSSR count). The molecule has 0 aromatic heterocycles. The molecule has 1 amide bonds. The average Bonchev–Trinajstić information content (AvgIpc) is 2.66. The minimum absolute atomic E-state index is 0.0412. The summed E-state index contributed by atoms with van der Waals surface area (Å²) < 4.78 is 4.65. The highest BCUT2D eigenvalue weighted by atomic mass is 35.5. The molecule has 4 nitrogen and oxygen atoms in total. The molecule has 3 aromatic carbocycles. The van der Waals surface area contributed by atoms with Crippen LogP contribution in [0, 0.1) is 0 Å². The molecule has 0 radical (unpaired) electrons. The molecule has 27 heavy (non-hydrogen) atoms. The lowest BCUT2D eigenvalue weighted by atomic mass is 9.99. The van der Waals surface area contributed by atoms with Crippen molar-refractivity contribution < 1.29 is 14.3 Å². The summed E-state index contributed by atoms with van der Waals surface area (Å²) in [5.41, 5.74) is 1.31. The molecule has 3 aromatic rings. The van der Waals surface area contributed by atoms with Crippen molar-refractivity contribution in [3.8, 4) is 0 Å². The molecular formula is C21H17Cl2NO3. The maximum Gasteiger partial charge on any atom is 0.340 e. The van der Waals surface area contributed by atoms with Gasteiger partial charge in [-0.05, 0) is 35.4 Å². The van der Waals surface area contributed by atoms with Gasteiger partial charge in [-0.15, -0.1) is 0 Å². The van der Waals surface area contributed by atoms with E-state index in [1.54, 1.807) is 0 Å². The van der Waals surface area contributed by atoms with Crippen molar-refractivity contribution >= 4 is 45.9 Å². The number of methoxy groups -OCH3 is 1. The van der Waals surface area contributed by atoms with E-state index in [9.17, 15) is 9.59 Å². The highest BCUT2D eigenvalue weighted by Crippen LogP contribution is 2.28. The van der Waals surface area contributed by atoms with Crippen molar-refractivity contribution in [3.63, 3.8) is 0 Å². The number of benzene rings is 3. The second kappa shape index (κ2) is 7.99. The van der Waals surface area contributed by atoms with Gasteiger partial charge in [0.2, 0.25) is 0 Å². The first kappa shape index (κ1) is 19.2. The van der Waals surface area contributed by atoms with Crippen molar-refractivity contribution in [1.29, 1.82) is 0 Å². The Balaban J connectivity index is 1.88. The Hall–Kier alpha value is -2.56. The Morgan fingerprint density at radius 2 is 1.63 bits per heavy atom. The Morgan fingerprint density at radius 1 is 1.00 bits per heavy atom. The van der Waals surface area contributed by atoms with Gasteiger partial charge in [-0.25, -0.2) is 4.79 Å². The minimum Gasteiger partial charge on any atom is -0.465 e. The van der Waals surface area contributed by atoms with E-state index in [-0.39, 0.29) is 33.1 Å². The number of ether oxygens (including phenoxy) is 1. The van der Waals surface area contributed by atoms with Crippen LogP contribution in [0.5, 0.6) is 0 Å². The highest BCUT2D eigenvalue weighted by molar-refractivity contribution is 6.39. The van der Waals surface area contributed by atoms with Crippen LogP contribution >= 0.6 is 23.2 Å². The van der Waals surface area contributed by atoms with Crippen LogP contribution < -0.4 is 5.32 Å². The van der Waals surface area contributed by atoms with Crippen LogP contribution in [0.15, 0.2) is 54.6 Å². The number of fused-ring (bicyclic) bond motifs is 1. The van der Waals surface area contributed by atoms with Crippen molar-refractivity contribution in [2.45, 2.75) is 13.0 Å². The van der Waals surface area contributed by atoms with Gasteiger partial charge in [0, 0.05) is 5.56 Å². The molecule has 0 saturated carbocycles. The van der Waals surface area contributed by atoms with Crippen LogP contribution in [0.4, 0.5) is 0 Å². The lowest BCUT2D eigenvalue weighted by molar-refractivity contribution is 0.0600. The first-order chi connectivity index (χ1) is 12.9. The second-order valence-electron chi connectivity index (χ2n) is 6.07. The topological polar surface area (TPSA) is 55.4 Å². The van der Waals surface area contributed by atoms with Gasteiger partial charge in [-0.2, -0.15) is 0 Å². The van der Waals surface area contributed by atoms with E-state index in [0.717, 1.165) is 16.3 Å². The van der Waals surface area contributed by atoms with E-state index in [1.165, 1.54) is 19.2 Å². The molecular weight excluding hydrogens is 385 g/mol. The van der Waals surface area contributed by atoms with E-state index in [1.807, 2.05) is 49.4 Å². The van der Waals surface area contributed by atoms with Crippen molar-refractivity contribution in [2.24, 2.45) is 0 Å². The monoisotopic (exact) mass is 401 g/mol. The highest BCUT2D eigenvalue weighted by Gasteiger charge is 2.20. The predicted octanol–water partition coefficient (Wildman–Crippen LogP) is 5.42. The fourth-order valence-corrected chi connectivity index (χ4v) is 3.63. The van der Waals surface area contributed by atoms with Gasteiger partial charge in [0.15, 0.2) is 0 Å². The number of esters is 1. The molecule has 0 unspecified atom stereocenters. The number of amides is 1. The van der Waals surface area contributed by atoms with E-state index in [0.29, 0.717) is 0 Å². The third-order valence-electron chi connectivity index (χ3n) is 4.33. The summed E-state index contributed by atoms with van der Waals surface area (Å²) in [4.78, 5) is 24.4. The molecule has 0 aliphatic rings. The van der Waals surface area contributed by atoms with E-state index in [2.05, 4.69) is 10.1 Å². The first-order valence-corrected chi connectivity index (χ1v) is 9.04. The van der Waals surface area contributed by atoms with Gasteiger partial charge in [-0.1, -0.05) is 65.7 Å². The van der Waals surface area contributed by atoms with Crippen LogP contribution in [-0.2, 0) is 4.74 Å². The SMILES string of the molecule is COC(=O)c1c(Cl)cc(C(=O)N[C@H](C)c2cccc3ccccc23)cc1Cl. The predicted molar refractivity (Wildman–Crippen MR) is 108 cm³/mol. The number of carbonyl (C=O) groups is 2. The lowest BCUT2D eigenvalue weighted by Gasteiger charge is -2.17. The zero-order valence-electron chi connectivity index (χ0n) is 14.8. The van der Waals surface area contributed by atoms with Crippen molar-refractivity contribution in [1.82, 2.24) is 5.32 Å². The van der Waals surface area contributed by atoms with Gasteiger partial charge in [0.05, 0.1) is 28.8 Å². The maximum atomic E-state index is 12.7. The molecule has 0 spiro atoms. The summed E-state index contributed by atoms with van der Waals surface area (Å²) in [6.45, 7) is 1.91. The summed E-state index contributed by atoms with van der Waals surface area (Å²) in [5, 5.41) is 5.26. The molecule has 0 aliphatic carbocycles. The minimum atomic E-state index is -0.652. The Morgan fingerprint density at radius 3 is 2.30 bits per heavy atom. The summed E-state index contributed by atoms with van der Waals surface area (Å²) in [6, 6.07) is 16.5.